The van der Waals surface area contributed by atoms with Gasteiger partial charge in [0.15, 0.2) is 0 Å². The van der Waals surface area contributed by atoms with Gasteiger partial charge in [-0.15, -0.1) is 0 Å². The normalized spacial score (nSPS) is 10.6. The summed E-state index contributed by atoms with van der Waals surface area (Å²) in [4.78, 5) is 8.20. The van der Waals surface area contributed by atoms with E-state index < -0.39 is 0 Å². The van der Waals surface area contributed by atoms with E-state index in [1.807, 2.05) is 0 Å². The minimum atomic E-state index is 0.516. The van der Waals surface area contributed by atoms with Gasteiger partial charge in [-0.25, -0.2) is 9.97 Å². The van der Waals surface area contributed by atoms with Gasteiger partial charge in [-0.3, -0.25) is 0 Å². The van der Waals surface area contributed by atoms with Crippen LogP contribution in [0.3, 0.4) is 0 Å². The van der Waals surface area contributed by atoms with E-state index in [2.05, 4.69) is 50.4 Å². The molecule has 0 fully saturated rings. The van der Waals surface area contributed by atoms with Gasteiger partial charge in [0.1, 0.15) is 0 Å². The van der Waals surface area contributed by atoms with Crippen LogP contribution < -0.4 is 10.6 Å². The fourth-order valence-electron chi connectivity index (χ4n) is 0.939. The molecular weight excluding hydrogens is 244 g/mol. The molecule has 2 N–H and O–H groups in total. The first kappa shape index (κ1) is 11.4. The van der Waals surface area contributed by atoms with Crippen LogP contribution >= 0.6 is 15.9 Å². The van der Waals surface area contributed by atoms with E-state index in [9.17, 15) is 0 Å². The van der Waals surface area contributed by atoms with E-state index in [4.69, 9.17) is 0 Å². The van der Waals surface area contributed by atoms with Crippen LogP contribution in [-0.2, 0) is 0 Å². The molecule has 0 aliphatic heterocycles. The molecule has 14 heavy (non-hydrogen) atoms. The van der Waals surface area contributed by atoms with E-state index in [0.717, 1.165) is 17.6 Å². The molecule has 1 rings (SSSR count). The number of anilines is 1. The molecule has 0 unspecified atom stereocenters. The van der Waals surface area contributed by atoms with E-state index in [0.29, 0.717) is 12.0 Å². The average molecular weight is 259 g/mol. The fraction of sp³-hybridized carbons (Fsp3) is 0.556. The highest BCUT2D eigenvalue weighted by Gasteiger charge is 1.95. The molecule has 0 atom stereocenters. The lowest BCUT2D eigenvalue weighted by Crippen LogP contribution is -2.28. The SMILES string of the molecule is CC(C)NCCNc1ncc(Br)cn1. The van der Waals surface area contributed by atoms with Gasteiger partial charge in [0, 0.05) is 31.5 Å². The van der Waals surface area contributed by atoms with Crippen molar-refractivity contribution in [2.75, 3.05) is 18.4 Å². The zero-order valence-electron chi connectivity index (χ0n) is 8.42. The summed E-state index contributed by atoms with van der Waals surface area (Å²) in [6.45, 7) is 5.99. The van der Waals surface area contributed by atoms with Crippen LogP contribution in [0.5, 0.6) is 0 Å². The summed E-state index contributed by atoms with van der Waals surface area (Å²) in [6, 6.07) is 0.516. The molecule has 0 aromatic carbocycles. The zero-order chi connectivity index (χ0) is 10.4. The number of aromatic nitrogens is 2. The number of nitrogens with one attached hydrogen (secondary N) is 2. The average Bonchev–Trinajstić information content (AvgIpc) is 2.15. The minimum absolute atomic E-state index is 0.516. The third-order valence-electron chi connectivity index (χ3n) is 1.58. The maximum absolute atomic E-state index is 4.10. The Hall–Kier alpha value is -0.680. The number of hydrogen-bond acceptors (Lipinski definition) is 4. The van der Waals surface area contributed by atoms with Crippen molar-refractivity contribution in [1.29, 1.82) is 0 Å². The molecule has 0 aliphatic carbocycles. The molecule has 1 aromatic rings. The molecule has 0 spiro atoms. The van der Waals surface area contributed by atoms with Crippen molar-refractivity contribution in [2.45, 2.75) is 19.9 Å². The third-order valence-corrected chi connectivity index (χ3v) is 1.99. The molecule has 0 radical (unpaired) electrons. The van der Waals surface area contributed by atoms with Crippen molar-refractivity contribution in [2.24, 2.45) is 0 Å². The van der Waals surface area contributed by atoms with Gasteiger partial charge in [0.25, 0.3) is 0 Å². The maximum Gasteiger partial charge on any atom is 0.222 e. The molecule has 1 aromatic heterocycles. The Morgan fingerprint density at radius 2 is 1.93 bits per heavy atom. The number of halogens is 1. The Morgan fingerprint density at radius 3 is 2.50 bits per heavy atom. The third kappa shape index (κ3) is 4.53. The molecular formula is C9H15BrN4. The molecule has 1 heterocycles. The molecule has 0 bridgehead atoms. The standard InChI is InChI=1S/C9H15BrN4/c1-7(2)11-3-4-12-9-13-5-8(10)6-14-9/h5-7,11H,3-4H2,1-2H3,(H,12,13,14). The highest BCUT2D eigenvalue weighted by atomic mass is 79.9. The van der Waals surface area contributed by atoms with Crippen LogP contribution in [-0.4, -0.2) is 29.1 Å². The lowest BCUT2D eigenvalue weighted by molar-refractivity contribution is 0.601. The zero-order valence-corrected chi connectivity index (χ0v) is 10.0. The van der Waals surface area contributed by atoms with Crippen LogP contribution in [0.1, 0.15) is 13.8 Å². The molecule has 0 saturated carbocycles. The first-order valence-corrected chi connectivity index (χ1v) is 5.42. The van der Waals surface area contributed by atoms with Gasteiger partial charge in [0.2, 0.25) is 5.95 Å². The number of rotatable bonds is 5. The number of hydrogen-bond donors (Lipinski definition) is 2. The summed E-state index contributed by atoms with van der Waals surface area (Å²) >= 11 is 3.28. The van der Waals surface area contributed by atoms with Gasteiger partial charge in [-0.2, -0.15) is 0 Å². The molecule has 5 heteroatoms. The smallest absolute Gasteiger partial charge is 0.222 e. The first-order valence-electron chi connectivity index (χ1n) is 4.63. The van der Waals surface area contributed by atoms with Crippen molar-refractivity contribution in [3.05, 3.63) is 16.9 Å². The molecule has 0 saturated heterocycles. The summed E-state index contributed by atoms with van der Waals surface area (Å²) in [6.07, 6.45) is 3.45. The van der Waals surface area contributed by atoms with Crippen molar-refractivity contribution < 1.29 is 0 Å². The van der Waals surface area contributed by atoms with Crippen molar-refractivity contribution >= 4 is 21.9 Å². The Kier molecular flexibility index (Phi) is 4.82. The van der Waals surface area contributed by atoms with E-state index in [-0.39, 0.29) is 0 Å². The van der Waals surface area contributed by atoms with Crippen molar-refractivity contribution in [1.82, 2.24) is 15.3 Å². The topological polar surface area (TPSA) is 49.8 Å². The Bertz CT molecular complexity index is 260. The summed E-state index contributed by atoms with van der Waals surface area (Å²) in [5.41, 5.74) is 0. The van der Waals surface area contributed by atoms with Gasteiger partial charge in [-0.05, 0) is 15.9 Å². The van der Waals surface area contributed by atoms with Gasteiger partial charge in [0.05, 0.1) is 4.47 Å². The molecule has 78 valence electrons. The van der Waals surface area contributed by atoms with Gasteiger partial charge >= 0.3 is 0 Å². The van der Waals surface area contributed by atoms with Crippen LogP contribution in [0, 0.1) is 0 Å². The summed E-state index contributed by atoms with van der Waals surface area (Å²) in [5.74, 6) is 0.666. The first-order chi connectivity index (χ1) is 6.68. The number of nitrogens with zero attached hydrogens (tertiary/aromatic N) is 2. The van der Waals surface area contributed by atoms with Crippen LogP contribution in [0.25, 0.3) is 0 Å². The van der Waals surface area contributed by atoms with E-state index in [1.165, 1.54) is 0 Å². The molecule has 0 aliphatic rings. The van der Waals surface area contributed by atoms with Crippen LogP contribution in [0.15, 0.2) is 16.9 Å². The van der Waals surface area contributed by atoms with Gasteiger partial charge < -0.3 is 10.6 Å². The van der Waals surface area contributed by atoms with Crippen LogP contribution in [0.2, 0.25) is 0 Å². The monoisotopic (exact) mass is 258 g/mol. The Labute approximate surface area is 92.7 Å². The second-order valence-electron chi connectivity index (χ2n) is 3.26. The summed E-state index contributed by atoms with van der Waals surface area (Å²) in [7, 11) is 0. The predicted octanol–water partition coefficient (Wildman–Crippen LogP) is 1.65. The lowest BCUT2D eigenvalue weighted by Gasteiger charge is -2.08. The Balaban J connectivity index is 2.21. The van der Waals surface area contributed by atoms with Crippen molar-refractivity contribution in [3.63, 3.8) is 0 Å². The largest absolute Gasteiger partial charge is 0.353 e. The second kappa shape index (κ2) is 5.93. The van der Waals surface area contributed by atoms with Gasteiger partial charge in [-0.1, -0.05) is 13.8 Å². The fourth-order valence-corrected chi connectivity index (χ4v) is 1.14. The minimum Gasteiger partial charge on any atom is -0.353 e. The summed E-state index contributed by atoms with van der Waals surface area (Å²) in [5, 5.41) is 6.42. The Morgan fingerprint density at radius 1 is 1.29 bits per heavy atom. The quantitative estimate of drug-likeness (QED) is 0.789. The molecule has 4 nitrogen and oxygen atoms in total. The van der Waals surface area contributed by atoms with Crippen molar-refractivity contribution in [3.8, 4) is 0 Å². The van der Waals surface area contributed by atoms with E-state index >= 15 is 0 Å². The van der Waals surface area contributed by atoms with Crippen LogP contribution in [0.4, 0.5) is 5.95 Å². The lowest BCUT2D eigenvalue weighted by atomic mass is 10.4. The maximum atomic E-state index is 4.10. The highest BCUT2D eigenvalue weighted by Crippen LogP contribution is 2.06. The summed E-state index contributed by atoms with van der Waals surface area (Å²) < 4.78 is 0.892. The molecule has 0 amide bonds. The van der Waals surface area contributed by atoms with E-state index in [1.54, 1.807) is 12.4 Å². The predicted molar refractivity (Wildman–Crippen MR) is 61.4 cm³/mol. The second-order valence-corrected chi connectivity index (χ2v) is 4.18. The highest BCUT2D eigenvalue weighted by molar-refractivity contribution is 9.10.